The summed E-state index contributed by atoms with van der Waals surface area (Å²) >= 11 is 0. The van der Waals surface area contributed by atoms with E-state index in [1.165, 1.54) is 23.0 Å². The summed E-state index contributed by atoms with van der Waals surface area (Å²) in [6.45, 7) is 3.02. The topological polar surface area (TPSA) is 61.4 Å². The lowest BCUT2D eigenvalue weighted by molar-refractivity contribution is -0.133. The molecular formula is C15H21N3O2. The molecule has 1 aromatic carbocycles. The van der Waals surface area contributed by atoms with Crippen LogP contribution in [0.1, 0.15) is 24.1 Å². The summed E-state index contributed by atoms with van der Waals surface area (Å²) in [6, 6.07) is 8.44. The van der Waals surface area contributed by atoms with Gasteiger partial charge in [0.1, 0.15) is 0 Å². The zero-order chi connectivity index (χ0) is 14.5. The number of nitrogens with one attached hydrogen (secondary N) is 2. The third kappa shape index (κ3) is 3.57. The maximum absolute atomic E-state index is 11.8. The van der Waals surface area contributed by atoms with Gasteiger partial charge in [0.15, 0.2) is 0 Å². The van der Waals surface area contributed by atoms with Gasteiger partial charge in [0.25, 0.3) is 0 Å². The molecule has 0 radical (unpaired) electrons. The maximum atomic E-state index is 11.8. The van der Waals surface area contributed by atoms with Crippen LogP contribution >= 0.6 is 0 Å². The Bertz CT molecular complexity index is 502. The Kier molecular flexibility index (Phi) is 4.74. The van der Waals surface area contributed by atoms with Gasteiger partial charge in [-0.3, -0.25) is 9.59 Å². The molecule has 1 atom stereocenters. The molecule has 0 fully saturated rings. The second kappa shape index (κ2) is 6.52. The molecule has 1 heterocycles. The lowest BCUT2D eigenvalue weighted by atomic mass is 9.94. The van der Waals surface area contributed by atoms with Gasteiger partial charge in [-0.15, -0.1) is 0 Å². The van der Waals surface area contributed by atoms with Gasteiger partial charge in [-0.1, -0.05) is 24.3 Å². The van der Waals surface area contributed by atoms with E-state index in [4.69, 9.17) is 0 Å². The van der Waals surface area contributed by atoms with Crippen LogP contribution in [0.5, 0.6) is 0 Å². The van der Waals surface area contributed by atoms with Crippen molar-refractivity contribution in [1.82, 2.24) is 15.5 Å². The van der Waals surface area contributed by atoms with Crippen LogP contribution in [-0.4, -0.2) is 43.4 Å². The zero-order valence-electron chi connectivity index (χ0n) is 12.0. The average Bonchev–Trinajstić information content (AvgIpc) is 2.44. The fourth-order valence-electron chi connectivity index (χ4n) is 2.37. The molecule has 1 unspecified atom stereocenters. The van der Waals surface area contributed by atoms with Gasteiger partial charge in [-0.05, 0) is 24.1 Å². The minimum Gasteiger partial charge on any atom is -0.353 e. The van der Waals surface area contributed by atoms with Gasteiger partial charge in [-0.2, -0.15) is 0 Å². The summed E-state index contributed by atoms with van der Waals surface area (Å²) in [5.41, 5.74) is 2.59. The molecule has 5 heteroatoms. The molecule has 5 nitrogen and oxygen atoms in total. The van der Waals surface area contributed by atoms with Crippen LogP contribution in [0.25, 0.3) is 0 Å². The average molecular weight is 275 g/mol. The van der Waals surface area contributed by atoms with Crippen molar-refractivity contribution in [2.24, 2.45) is 0 Å². The van der Waals surface area contributed by atoms with Crippen LogP contribution in [0.3, 0.4) is 0 Å². The third-order valence-corrected chi connectivity index (χ3v) is 3.64. The molecule has 20 heavy (non-hydrogen) atoms. The van der Waals surface area contributed by atoms with Crippen LogP contribution in [0, 0.1) is 0 Å². The van der Waals surface area contributed by atoms with E-state index < -0.39 is 0 Å². The molecule has 108 valence electrons. The Hall–Kier alpha value is -1.88. The lowest BCUT2D eigenvalue weighted by Crippen LogP contribution is -2.42. The number of hydrogen-bond donors (Lipinski definition) is 2. The van der Waals surface area contributed by atoms with Crippen LogP contribution in [-0.2, 0) is 16.0 Å². The van der Waals surface area contributed by atoms with E-state index >= 15 is 0 Å². The number of amides is 2. The fraction of sp³-hybridized carbons (Fsp3) is 0.467. The SMILES string of the molecule is CC(=O)N(C)CC(=O)NCC1NCCc2ccccc21. The van der Waals surface area contributed by atoms with Crippen LogP contribution < -0.4 is 10.6 Å². The largest absolute Gasteiger partial charge is 0.353 e. The molecule has 0 aliphatic carbocycles. The summed E-state index contributed by atoms with van der Waals surface area (Å²) in [5, 5.41) is 6.30. The first-order valence-corrected chi connectivity index (χ1v) is 6.87. The standard InChI is InChI=1S/C15H21N3O2/c1-11(19)18(2)10-15(20)17-9-14-13-6-4-3-5-12(13)7-8-16-14/h3-6,14,16H,7-10H2,1-2H3,(H,17,20). The molecule has 2 rings (SSSR count). The van der Waals surface area contributed by atoms with E-state index in [2.05, 4.69) is 22.8 Å². The molecule has 1 aliphatic heterocycles. The van der Waals surface area contributed by atoms with Crippen LogP contribution in [0.4, 0.5) is 0 Å². The van der Waals surface area contributed by atoms with E-state index in [1.54, 1.807) is 7.05 Å². The first-order chi connectivity index (χ1) is 9.58. The van der Waals surface area contributed by atoms with Crippen molar-refractivity contribution in [3.8, 4) is 0 Å². The number of hydrogen-bond acceptors (Lipinski definition) is 3. The Morgan fingerprint density at radius 2 is 2.15 bits per heavy atom. The number of benzene rings is 1. The van der Waals surface area contributed by atoms with Gasteiger partial charge < -0.3 is 15.5 Å². The van der Waals surface area contributed by atoms with E-state index in [1.807, 2.05) is 12.1 Å². The second-order valence-electron chi connectivity index (χ2n) is 5.13. The summed E-state index contributed by atoms with van der Waals surface area (Å²) in [5.74, 6) is -0.242. The predicted molar refractivity (Wildman–Crippen MR) is 77.2 cm³/mol. The Morgan fingerprint density at radius 3 is 2.90 bits per heavy atom. The van der Waals surface area contributed by atoms with Crippen molar-refractivity contribution in [1.29, 1.82) is 0 Å². The van der Waals surface area contributed by atoms with Gasteiger partial charge in [-0.25, -0.2) is 0 Å². The second-order valence-corrected chi connectivity index (χ2v) is 5.13. The molecule has 1 aliphatic rings. The lowest BCUT2D eigenvalue weighted by Gasteiger charge is -2.27. The monoisotopic (exact) mass is 275 g/mol. The Labute approximate surface area is 119 Å². The summed E-state index contributed by atoms with van der Waals surface area (Å²) in [6.07, 6.45) is 1.02. The third-order valence-electron chi connectivity index (χ3n) is 3.64. The molecule has 0 bridgehead atoms. The summed E-state index contributed by atoms with van der Waals surface area (Å²) < 4.78 is 0. The Morgan fingerprint density at radius 1 is 1.40 bits per heavy atom. The first-order valence-electron chi connectivity index (χ1n) is 6.87. The molecule has 0 spiro atoms. The van der Waals surface area contributed by atoms with Crippen molar-refractivity contribution < 1.29 is 9.59 Å². The van der Waals surface area contributed by atoms with E-state index in [0.29, 0.717) is 6.54 Å². The number of carbonyl (C=O) groups is 2. The van der Waals surface area contributed by atoms with Crippen molar-refractivity contribution in [2.75, 3.05) is 26.7 Å². The van der Waals surface area contributed by atoms with E-state index in [0.717, 1.165) is 13.0 Å². The van der Waals surface area contributed by atoms with Gasteiger partial charge in [0.2, 0.25) is 11.8 Å². The highest BCUT2D eigenvalue weighted by molar-refractivity contribution is 5.83. The highest BCUT2D eigenvalue weighted by atomic mass is 16.2. The molecule has 2 amide bonds. The minimum absolute atomic E-state index is 0.101. The summed E-state index contributed by atoms with van der Waals surface area (Å²) in [4.78, 5) is 24.3. The molecule has 0 aromatic heterocycles. The van der Waals surface area contributed by atoms with Crippen molar-refractivity contribution in [2.45, 2.75) is 19.4 Å². The molecule has 0 saturated carbocycles. The van der Waals surface area contributed by atoms with Gasteiger partial charge >= 0.3 is 0 Å². The minimum atomic E-state index is -0.132. The van der Waals surface area contributed by atoms with Crippen molar-refractivity contribution in [3.05, 3.63) is 35.4 Å². The normalized spacial score (nSPS) is 17.2. The quantitative estimate of drug-likeness (QED) is 0.839. The number of likely N-dealkylation sites (N-methyl/N-ethyl adjacent to an activating group) is 1. The zero-order valence-corrected chi connectivity index (χ0v) is 12.0. The van der Waals surface area contributed by atoms with Gasteiger partial charge in [0.05, 0.1) is 6.54 Å². The van der Waals surface area contributed by atoms with E-state index in [-0.39, 0.29) is 24.4 Å². The predicted octanol–water partition coefficient (Wildman–Crippen LogP) is 0.468. The number of nitrogens with zero attached hydrogens (tertiary/aromatic N) is 1. The van der Waals surface area contributed by atoms with E-state index in [9.17, 15) is 9.59 Å². The van der Waals surface area contributed by atoms with Crippen molar-refractivity contribution in [3.63, 3.8) is 0 Å². The maximum Gasteiger partial charge on any atom is 0.239 e. The number of carbonyl (C=O) groups excluding carboxylic acids is 2. The highest BCUT2D eigenvalue weighted by Gasteiger charge is 2.19. The number of rotatable bonds is 4. The first kappa shape index (κ1) is 14.5. The smallest absolute Gasteiger partial charge is 0.239 e. The molecule has 0 saturated heterocycles. The molecule has 2 N–H and O–H groups in total. The van der Waals surface area contributed by atoms with Crippen LogP contribution in [0.15, 0.2) is 24.3 Å². The Balaban J connectivity index is 1.89. The molecular weight excluding hydrogens is 254 g/mol. The highest BCUT2D eigenvalue weighted by Crippen LogP contribution is 2.21. The summed E-state index contributed by atoms with van der Waals surface area (Å²) in [7, 11) is 1.62. The number of fused-ring (bicyclic) bond motifs is 1. The molecule has 1 aromatic rings. The fourth-order valence-corrected chi connectivity index (χ4v) is 2.37. The van der Waals surface area contributed by atoms with Gasteiger partial charge in [0, 0.05) is 26.6 Å². The van der Waals surface area contributed by atoms with Crippen LogP contribution in [0.2, 0.25) is 0 Å². The van der Waals surface area contributed by atoms with Crippen molar-refractivity contribution >= 4 is 11.8 Å².